The molecule has 0 saturated carbocycles. The number of carbonyl (C=O) groups is 2. The quantitative estimate of drug-likeness (QED) is 0.589. The molecule has 1 aromatic heterocycles. The summed E-state index contributed by atoms with van der Waals surface area (Å²) in [7, 11) is -3.47. The van der Waals surface area contributed by atoms with Crippen molar-refractivity contribution in [3.8, 4) is 0 Å². The Morgan fingerprint density at radius 1 is 1.10 bits per heavy atom. The number of rotatable bonds is 9. The van der Waals surface area contributed by atoms with E-state index < -0.39 is 22.0 Å². The molecule has 0 radical (unpaired) electrons. The molecule has 1 atom stereocenters. The van der Waals surface area contributed by atoms with Crippen LogP contribution in [-0.2, 0) is 26.0 Å². The van der Waals surface area contributed by atoms with Gasteiger partial charge < -0.3 is 15.4 Å². The molecular formula is C20H25N3O5S2. The lowest BCUT2D eigenvalue weighted by atomic mass is 10.1. The second-order valence-corrected chi connectivity index (χ2v) is 9.85. The highest BCUT2D eigenvalue weighted by molar-refractivity contribution is 7.89. The van der Waals surface area contributed by atoms with E-state index in [1.165, 1.54) is 15.6 Å². The number of carbonyl (C=O) groups excluding carboxylic acids is 2. The lowest BCUT2D eigenvalue weighted by molar-refractivity contribution is -0.122. The average molecular weight is 452 g/mol. The van der Waals surface area contributed by atoms with Crippen LogP contribution in [0.1, 0.15) is 15.2 Å². The monoisotopic (exact) mass is 451 g/mol. The van der Waals surface area contributed by atoms with E-state index in [4.69, 9.17) is 4.74 Å². The SMILES string of the molecule is O=C(NC(Cc1ccccc1)C(=O)NCCS(=O)(=O)N1CCOCC1)c1cccs1. The van der Waals surface area contributed by atoms with Crippen molar-refractivity contribution in [2.24, 2.45) is 0 Å². The number of benzene rings is 1. The average Bonchev–Trinajstić information content (AvgIpc) is 3.29. The number of hydrogen-bond acceptors (Lipinski definition) is 6. The van der Waals surface area contributed by atoms with Crippen molar-refractivity contribution in [3.05, 3.63) is 58.3 Å². The first kappa shape index (κ1) is 22.4. The number of morpholine rings is 1. The fourth-order valence-electron chi connectivity index (χ4n) is 3.08. The Kier molecular flexibility index (Phi) is 7.97. The van der Waals surface area contributed by atoms with Gasteiger partial charge in [0.05, 0.1) is 23.8 Å². The van der Waals surface area contributed by atoms with E-state index >= 15 is 0 Å². The molecule has 2 aromatic rings. The summed E-state index contributed by atoms with van der Waals surface area (Å²) < 4.78 is 31.4. The first-order valence-corrected chi connectivity index (χ1v) is 12.2. The largest absolute Gasteiger partial charge is 0.379 e. The zero-order valence-corrected chi connectivity index (χ0v) is 18.1. The van der Waals surface area contributed by atoms with Crippen LogP contribution < -0.4 is 10.6 Å². The molecule has 2 heterocycles. The normalized spacial score (nSPS) is 16.0. The Bertz CT molecular complexity index is 927. The van der Waals surface area contributed by atoms with Gasteiger partial charge in [-0.3, -0.25) is 9.59 Å². The standard InChI is InChI=1S/C20H25N3O5S2/c24-19(21-8-14-30(26,27)23-9-11-28-12-10-23)17(15-16-5-2-1-3-6-16)22-20(25)18-7-4-13-29-18/h1-7,13,17H,8-12,14-15H2,(H,21,24)(H,22,25). The zero-order chi connectivity index (χ0) is 21.4. The van der Waals surface area contributed by atoms with Crippen LogP contribution in [0.5, 0.6) is 0 Å². The zero-order valence-electron chi connectivity index (χ0n) is 16.5. The summed E-state index contributed by atoms with van der Waals surface area (Å²) in [6.07, 6.45) is 0.306. The molecule has 0 spiro atoms. The molecule has 0 aliphatic carbocycles. The van der Waals surface area contributed by atoms with Crippen molar-refractivity contribution in [1.29, 1.82) is 0 Å². The van der Waals surface area contributed by atoms with Crippen molar-refractivity contribution in [1.82, 2.24) is 14.9 Å². The van der Waals surface area contributed by atoms with E-state index in [2.05, 4.69) is 10.6 Å². The summed E-state index contributed by atoms with van der Waals surface area (Å²) in [5, 5.41) is 7.21. The van der Waals surface area contributed by atoms with Gasteiger partial charge in [0.15, 0.2) is 0 Å². The van der Waals surface area contributed by atoms with Crippen LogP contribution in [0.25, 0.3) is 0 Å². The molecule has 2 amide bonds. The van der Waals surface area contributed by atoms with Gasteiger partial charge in [-0.25, -0.2) is 8.42 Å². The summed E-state index contributed by atoms with van der Waals surface area (Å²) in [4.78, 5) is 25.7. The third-order valence-corrected chi connectivity index (χ3v) is 7.41. The minimum Gasteiger partial charge on any atom is -0.379 e. The van der Waals surface area contributed by atoms with Crippen molar-refractivity contribution in [2.75, 3.05) is 38.6 Å². The summed E-state index contributed by atoms with van der Waals surface area (Å²) in [5.41, 5.74) is 0.894. The first-order valence-electron chi connectivity index (χ1n) is 9.67. The number of nitrogens with one attached hydrogen (secondary N) is 2. The fourth-order valence-corrected chi connectivity index (χ4v) is 5.03. The van der Waals surface area contributed by atoms with Gasteiger partial charge in [0.1, 0.15) is 6.04 Å². The summed E-state index contributed by atoms with van der Waals surface area (Å²) >= 11 is 1.29. The highest BCUT2D eigenvalue weighted by atomic mass is 32.2. The molecule has 1 unspecified atom stereocenters. The molecule has 1 aliphatic heterocycles. The highest BCUT2D eigenvalue weighted by Crippen LogP contribution is 2.10. The van der Waals surface area contributed by atoms with Crippen LogP contribution in [0.4, 0.5) is 0 Å². The summed E-state index contributed by atoms with van der Waals surface area (Å²) in [6, 6.07) is 12.0. The van der Waals surface area contributed by atoms with Crippen LogP contribution in [0.2, 0.25) is 0 Å². The molecule has 30 heavy (non-hydrogen) atoms. The summed E-state index contributed by atoms with van der Waals surface area (Å²) in [6.45, 7) is 1.37. The van der Waals surface area contributed by atoms with Gasteiger partial charge in [0, 0.05) is 26.1 Å². The number of ether oxygens (including phenoxy) is 1. The third kappa shape index (κ3) is 6.36. The molecular weight excluding hydrogens is 426 g/mol. The van der Waals surface area contributed by atoms with Gasteiger partial charge in [-0.1, -0.05) is 36.4 Å². The predicted octanol–water partition coefficient (Wildman–Crippen LogP) is 0.867. The molecule has 1 saturated heterocycles. The number of thiophene rings is 1. The van der Waals surface area contributed by atoms with Gasteiger partial charge in [-0.2, -0.15) is 4.31 Å². The molecule has 3 rings (SSSR count). The molecule has 10 heteroatoms. The summed E-state index contributed by atoms with van der Waals surface area (Å²) in [5.74, 6) is -0.946. The topological polar surface area (TPSA) is 105 Å². The Hall–Kier alpha value is -2.27. The molecule has 162 valence electrons. The predicted molar refractivity (Wildman–Crippen MR) is 115 cm³/mol. The van der Waals surface area contributed by atoms with E-state index in [9.17, 15) is 18.0 Å². The van der Waals surface area contributed by atoms with Crippen molar-refractivity contribution >= 4 is 33.2 Å². The highest BCUT2D eigenvalue weighted by Gasteiger charge is 2.26. The first-order chi connectivity index (χ1) is 14.5. The van der Waals surface area contributed by atoms with Crippen LogP contribution in [0.3, 0.4) is 0 Å². The number of amides is 2. The Morgan fingerprint density at radius 3 is 2.50 bits per heavy atom. The lowest BCUT2D eigenvalue weighted by Gasteiger charge is -2.26. The Balaban J connectivity index is 1.60. The van der Waals surface area contributed by atoms with Crippen LogP contribution in [-0.4, -0.2) is 69.2 Å². The minimum atomic E-state index is -3.47. The van der Waals surface area contributed by atoms with E-state index in [0.717, 1.165) is 5.56 Å². The molecule has 1 fully saturated rings. The van der Waals surface area contributed by atoms with Crippen molar-refractivity contribution in [2.45, 2.75) is 12.5 Å². The van der Waals surface area contributed by atoms with Crippen molar-refractivity contribution < 1.29 is 22.7 Å². The van der Waals surface area contributed by atoms with Gasteiger partial charge in [-0.15, -0.1) is 11.3 Å². The van der Waals surface area contributed by atoms with E-state index in [1.54, 1.807) is 17.5 Å². The van der Waals surface area contributed by atoms with Gasteiger partial charge in [0.2, 0.25) is 15.9 Å². The molecule has 2 N–H and O–H groups in total. The maximum absolute atomic E-state index is 12.8. The fraction of sp³-hybridized carbons (Fsp3) is 0.400. The van der Waals surface area contributed by atoms with E-state index in [-0.39, 0.29) is 18.2 Å². The number of sulfonamides is 1. The maximum atomic E-state index is 12.8. The molecule has 1 aliphatic rings. The van der Waals surface area contributed by atoms with Crippen molar-refractivity contribution in [3.63, 3.8) is 0 Å². The second-order valence-electron chi connectivity index (χ2n) is 6.81. The number of nitrogens with zero attached hydrogens (tertiary/aromatic N) is 1. The van der Waals surface area contributed by atoms with Crippen LogP contribution in [0, 0.1) is 0 Å². The van der Waals surface area contributed by atoms with E-state index in [0.29, 0.717) is 37.6 Å². The van der Waals surface area contributed by atoms with Crippen LogP contribution >= 0.6 is 11.3 Å². The Labute approximate surface area is 180 Å². The molecule has 1 aromatic carbocycles. The van der Waals surface area contributed by atoms with E-state index in [1.807, 2.05) is 30.3 Å². The third-order valence-electron chi connectivity index (χ3n) is 4.67. The second kappa shape index (κ2) is 10.7. The smallest absolute Gasteiger partial charge is 0.262 e. The lowest BCUT2D eigenvalue weighted by Crippen LogP contribution is -2.49. The minimum absolute atomic E-state index is 0.0291. The van der Waals surface area contributed by atoms with Crippen LogP contribution in [0.15, 0.2) is 47.8 Å². The maximum Gasteiger partial charge on any atom is 0.262 e. The van der Waals surface area contributed by atoms with Gasteiger partial charge in [0.25, 0.3) is 5.91 Å². The Morgan fingerprint density at radius 2 is 1.83 bits per heavy atom. The molecule has 8 nitrogen and oxygen atoms in total. The molecule has 0 bridgehead atoms. The van der Waals surface area contributed by atoms with Gasteiger partial charge in [-0.05, 0) is 17.0 Å². The van der Waals surface area contributed by atoms with Gasteiger partial charge >= 0.3 is 0 Å². The number of hydrogen-bond donors (Lipinski definition) is 2.